The zero-order valence-corrected chi connectivity index (χ0v) is 14.8. The van der Waals surface area contributed by atoms with Crippen molar-refractivity contribution in [1.82, 2.24) is 15.0 Å². The first-order valence-electron chi connectivity index (χ1n) is 6.29. The van der Waals surface area contributed by atoms with Gasteiger partial charge in [-0.3, -0.25) is 4.98 Å². The normalized spacial score (nSPS) is 13.3. The summed E-state index contributed by atoms with van der Waals surface area (Å²) in [5.74, 6) is 0. The third-order valence-electron chi connectivity index (χ3n) is 2.89. The highest BCUT2D eigenvalue weighted by atomic mass is 79.9. The molecule has 1 unspecified atom stereocenters. The molecule has 2 rings (SSSR count). The van der Waals surface area contributed by atoms with E-state index in [-0.39, 0.29) is 10.9 Å². The van der Waals surface area contributed by atoms with Crippen LogP contribution in [0.15, 0.2) is 39.3 Å². The first kappa shape index (κ1) is 16.6. The molecule has 5 nitrogen and oxygen atoms in total. The van der Waals surface area contributed by atoms with E-state index in [2.05, 4.69) is 31.0 Å². The molecule has 2 aromatic rings. The molecule has 8 heteroatoms. The van der Waals surface area contributed by atoms with Crippen LogP contribution in [-0.4, -0.2) is 20.4 Å². The van der Waals surface area contributed by atoms with E-state index in [1.807, 2.05) is 14.0 Å². The van der Waals surface area contributed by atoms with Gasteiger partial charge >= 0.3 is 0 Å². The van der Waals surface area contributed by atoms with Crippen molar-refractivity contribution in [2.24, 2.45) is 0 Å². The van der Waals surface area contributed by atoms with Gasteiger partial charge in [-0.25, -0.2) is 13.1 Å². The topological polar surface area (TPSA) is 71.1 Å². The second-order valence-corrected chi connectivity index (χ2v) is 8.64. The molecule has 114 valence electrons. The van der Waals surface area contributed by atoms with Crippen LogP contribution in [0.3, 0.4) is 0 Å². The Hall–Kier alpha value is -0.800. The first-order chi connectivity index (χ1) is 9.94. The SMILES string of the molecule is CNCc1cc(S(=O)(=O)NC(C)c2ccncc2)c(Br)s1. The Bertz CT molecular complexity index is 701. The van der Waals surface area contributed by atoms with Crippen molar-refractivity contribution in [2.75, 3.05) is 7.05 Å². The number of thiophene rings is 1. The summed E-state index contributed by atoms with van der Waals surface area (Å²) in [5, 5.41) is 3.01. The Morgan fingerprint density at radius 1 is 1.38 bits per heavy atom. The number of nitrogens with one attached hydrogen (secondary N) is 2. The number of sulfonamides is 1. The summed E-state index contributed by atoms with van der Waals surface area (Å²) in [4.78, 5) is 5.17. The third-order valence-corrected chi connectivity index (χ3v) is 6.68. The average molecular weight is 390 g/mol. The van der Waals surface area contributed by atoms with Crippen molar-refractivity contribution in [1.29, 1.82) is 0 Å². The molecule has 0 spiro atoms. The number of rotatable bonds is 6. The van der Waals surface area contributed by atoms with Gasteiger partial charge in [-0.1, -0.05) is 0 Å². The molecule has 0 aliphatic carbocycles. The van der Waals surface area contributed by atoms with Gasteiger partial charge in [0.1, 0.15) is 4.90 Å². The van der Waals surface area contributed by atoms with Crippen LogP contribution in [-0.2, 0) is 16.6 Å². The van der Waals surface area contributed by atoms with E-state index in [1.165, 1.54) is 11.3 Å². The van der Waals surface area contributed by atoms with Crippen molar-refractivity contribution in [3.05, 3.63) is 44.8 Å². The van der Waals surface area contributed by atoms with E-state index in [9.17, 15) is 8.42 Å². The lowest BCUT2D eigenvalue weighted by Gasteiger charge is -2.14. The van der Waals surface area contributed by atoms with Gasteiger partial charge in [0, 0.05) is 29.9 Å². The number of halogens is 1. The highest BCUT2D eigenvalue weighted by Crippen LogP contribution is 2.32. The third kappa shape index (κ3) is 4.10. The largest absolute Gasteiger partial charge is 0.315 e. The van der Waals surface area contributed by atoms with Crippen LogP contribution in [0.2, 0.25) is 0 Å². The molecule has 21 heavy (non-hydrogen) atoms. The summed E-state index contributed by atoms with van der Waals surface area (Å²) in [7, 11) is -1.75. The molecule has 2 aromatic heterocycles. The zero-order valence-electron chi connectivity index (χ0n) is 11.6. The van der Waals surface area contributed by atoms with Gasteiger partial charge in [-0.15, -0.1) is 11.3 Å². The van der Waals surface area contributed by atoms with Crippen LogP contribution in [0.25, 0.3) is 0 Å². The molecular formula is C13H16BrN3O2S2. The van der Waals surface area contributed by atoms with Gasteiger partial charge in [-0.2, -0.15) is 0 Å². The maximum absolute atomic E-state index is 12.5. The van der Waals surface area contributed by atoms with E-state index in [1.54, 1.807) is 30.6 Å². The van der Waals surface area contributed by atoms with Crippen LogP contribution in [0.4, 0.5) is 0 Å². The fourth-order valence-corrected chi connectivity index (χ4v) is 5.79. The van der Waals surface area contributed by atoms with Crippen LogP contribution in [0, 0.1) is 0 Å². The number of pyridine rings is 1. The second-order valence-electron chi connectivity index (χ2n) is 4.50. The van der Waals surface area contributed by atoms with Gasteiger partial charge in [0.2, 0.25) is 10.0 Å². The lowest BCUT2D eigenvalue weighted by molar-refractivity contribution is 0.566. The lowest BCUT2D eigenvalue weighted by atomic mass is 10.1. The summed E-state index contributed by atoms with van der Waals surface area (Å²) in [6.45, 7) is 2.44. The van der Waals surface area contributed by atoms with E-state index in [0.29, 0.717) is 10.3 Å². The molecule has 0 fully saturated rings. The fourth-order valence-electron chi connectivity index (χ4n) is 1.86. The summed E-state index contributed by atoms with van der Waals surface area (Å²) >= 11 is 4.74. The molecule has 0 radical (unpaired) electrons. The highest BCUT2D eigenvalue weighted by Gasteiger charge is 2.23. The summed E-state index contributed by atoms with van der Waals surface area (Å²) in [6, 6.07) is 4.95. The predicted molar refractivity (Wildman–Crippen MR) is 87.8 cm³/mol. The number of aromatic nitrogens is 1. The summed E-state index contributed by atoms with van der Waals surface area (Å²) < 4.78 is 28.3. The van der Waals surface area contributed by atoms with Crippen LogP contribution >= 0.6 is 27.3 Å². The molecule has 2 heterocycles. The van der Waals surface area contributed by atoms with Gasteiger partial charge < -0.3 is 5.32 Å². The maximum Gasteiger partial charge on any atom is 0.243 e. The number of nitrogens with zero attached hydrogens (tertiary/aromatic N) is 1. The molecule has 0 saturated heterocycles. The minimum atomic E-state index is -3.57. The van der Waals surface area contributed by atoms with Crippen LogP contribution < -0.4 is 10.0 Å². The van der Waals surface area contributed by atoms with Crippen LogP contribution in [0.1, 0.15) is 23.4 Å². The second kappa shape index (κ2) is 6.97. The average Bonchev–Trinajstić information content (AvgIpc) is 2.81. The molecule has 0 aliphatic heterocycles. The molecule has 0 saturated carbocycles. The Balaban J connectivity index is 2.22. The monoisotopic (exact) mass is 389 g/mol. The molecule has 2 N–H and O–H groups in total. The lowest BCUT2D eigenvalue weighted by Crippen LogP contribution is -2.26. The Kier molecular flexibility index (Phi) is 5.50. The van der Waals surface area contributed by atoms with Crippen molar-refractivity contribution in [2.45, 2.75) is 24.4 Å². The predicted octanol–water partition coefficient (Wildman–Crippen LogP) is 2.66. The molecule has 1 atom stereocenters. The number of hydrogen-bond acceptors (Lipinski definition) is 5. The molecular weight excluding hydrogens is 374 g/mol. The van der Waals surface area contributed by atoms with E-state index >= 15 is 0 Å². The quantitative estimate of drug-likeness (QED) is 0.796. The van der Waals surface area contributed by atoms with Crippen molar-refractivity contribution >= 4 is 37.3 Å². The molecule has 0 aromatic carbocycles. The van der Waals surface area contributed by atoms with Crippen molar-refractivity contribution in [3.63, 3.8) is 0 Å². The fraction of sp³-hybridized carbons (Fsp3) is 0.308. The number of hydrogen-bond donors (Lipinski definition) is 2. The Morgan fingerprint density at radius 2 is 2.05 bits per heavy atom. The van der Waals surface area contributed by atoms with E-state index < -0.39 is 10.0 Å². The van der Waals surface area contributed by atoms with Gasteiger partial charge in [-0.05, 0) is 53.7 Å². The first-order valence-corrected chi connectivity index (χ1v) is 9.38. The van der Waals surface area contributed by atoms with E-state index in [0.717, 1.165) is 10.4 Å². The molecule has 0 bridgehead atoms. The van der Waals surface area contributed by atoms with E-state index in [4.69, 9.17) is 0 Å². The minimum Gasteiger partial charge on any atom is -0.315 e. The molecule has 0 amide bonds. The maximum atomic E-state index is 12.5. The smallest absolute Gasteiger partial charge is 0.243 e. The summed E-state index contributed by atoms with van der Waals surface area (Å²) in [5.41, 5.74) is 0.871. The van der Waals surface area contributed by atoms with Gasteiger partial charge in [0.15, 0.2) is 0 Å². The van der Waals surface area contributed by atoms with Crippen LogP contribution in [0.5, 0.6) is 0 Å². The Morgan fingerprint density at radius 3 is 2.67 bits per heavy atom. The molecule has 0 aliphatic rings. The van der Waals surface area contributed by atoms with Crippen molar-refractivity contribution in [3.8, 4) is 0 Å². The summed E-state index contributed by atoms with van der Waals surface area (Å²) in [6.07, 6.45) is 3.29. The zero-order chi connectivity index (χ0) is 15.5. The Labute approximate surface area is 137 Å². The minimum absolute atomic E-state index is 0.277. The highest BCUT2D eigenvalue weighted by molar-refractivity contribution is 9.11. The standard InChI is InChI=1S/C13H16BrN3O2S2/c1-9(10-3-5-16-6-4-10)17-21(18,19)12-7-11(8-15-2)20-13(12)14/h3-7,9,15,17H,8H2,1-2H3. The van der Waals surface area contributed by atoms with Crippen molar-refractivity contribution < 1.29 is 8.42 Å². The van der Waals surface area contributed by atoms with Gasteiger partial charge in [0.05, 0.1) is 3.79 Å². The van der Waals surface area contributed by atoms with Gasteiger partial charge in [0.25, 0.3) is 0 Å².